The highest BCUT2D eigenvalue weighted by Crippen LogP contribution is 2.29. The normalized spacial score (nSPS) is 13.9. The van der Waals surface area contributed by atoms with E-state index in [-0.39, 0.29) is 5.82 Å². The van der Waals surface area contributed by atoms with Gasteiger partial charge in [0.2, 0.25) is 0 Å². The first-order valence-electron chi connectivity index (χ1n) is 4.95. The lowest BCUT2D eigenvalue weighted by Crippen LogP contribution is -2.04. The van der Waals surface area contributed by atoms with E-state index in [1.165, 1.54) is 12.1 Å². The van der Waals surface area contributed by atoms with Crippen LogP contribution in [0.25, 0.3) is 5.57 Å². The second-order valence-corrected chi connectivity index (χ2v) is 3.58. The summed E-state index contributed by atoms with van der Waals surface area (Å²) in [5.74, 6) is 0.435. The third-order valence-electron chi connectivity index (χ3n) is 2.56. The molecule has 0 atom stereocenters. The molecule has 0 radical (unpaired) electrons. The van der Waals surface area contributed by atoms with Gasteiger partial charge in [-0.15, -0.1) is 0 Å². The van der Waals surface area contributed by atoms with E-state index in [0.29, 0.717) is 12.4 Å². The number of hydrogen-bond donors (Lipinski definition) is 1. The van der Waals surface area contributed by atoms with Crippen molar-refractivity contribution in [2.75, 3.05) is 0 Å². The lowest BCUT2D eigenvalue weighted by atomic mass is 9.99. The highest BCUT2D eigenvalue weighted by Gasteiger charge is 2.17. The van der Waals surface area contributed by atoms with Crippen molar-refractivity contribution >= 4 is 5.57 Å². The Kier molecular flexibility index (Phi) is 1.99. The number of H-pyrrole nitrogens is 1. The van der Waals surface area contributed by atoms with E-state index in [1.54, 1.807) is 24.7 Å². The molecule has 2 heterocycles. The molecule has 1 aliphatic heterocycles. The van der Waals surface area contributed by atoms with Crippen molar-refractivity contribution in [3.8, 4) is 0 Å². The zero-order valence-corrected chi connectivity index (χ0v) is 8.40. The maximum Gasteiger partial charge on any atom is 0.140 e. The zero-order chi connectivity index (χ0) is 11.0. The van der Waals surface area contributed by atoms with Crippen LogP contribution in [-0.4, -0.2) is 9.97 Å². The molecule has 0 saturated heterocycles. The van der Waals surface area contributed by atoms with Gasteiger partial charge in [0.1, 0.15) is 18.2 Å². The van der Waals surface area contributed by atoms with Gasteiger partial charge < -0.3 is 9.72 Å². The van der Waals surface area contributed by atoms with Gasteiger partial charge in [-0.05, 0) is 23.3 Å². The maximum absolute atomic E-state index is 13.2. The molecule has 0 unspecified atom stereocenters. The van der Waals surface area contributed by atoms with Crippen LogP contribution in [0, 0.1) is 5.82 Å². The Labute approximate surface area is 91.6 Å². The summed E-state index contributed by atoms with van der Waals surface area (Å²) in [6.45, 7) is 0.472. The molecule has 1 aromatic carbocycles. The molecule has 0 saturated carbocycles. The molecule has 1 N–H and O–H groups in total. The molecule has 0 fully saturated rings. The number of halogens is 1. The van der Waals surface area contributed by atoms with Gasteiger partial charge >= 0.3 is 0 Å². The van der Waals surface area contributed by atoms with Crippen LogP contribution >= 0.6 is 0 Å². The van der Waals surface area contributed by atoms with Crippen LogP contribution in [0.15, 0.2) is 36.9 Å². The molecule has 0 bridgehead atoms. The van der Waals surface area contributed by atoms with Gasteiger partial charge in [0.25, 0.3) is 0 Å². The minimum absolute atomic E-state index is 0.252. The Morgan fingerprint density at radius 1 is 1.38 bits per heavy atom. The van der Waals surface area contributed by atoms with Crippen LogP contribution in [0.1, 0.15) is 17.0 Å². The first-order valence-corrected chi connectivity index (χ1v) is 4.95. The number of rotatable bonds is 1. The van der Waals surface area contributed by atoms with Crippen molar-refractivity contribution < 1.29 is 9.13 Å². The molecule has 0 amide bonds. The number of nitrogens with zero attached hydrogens (tertiary/aromatic N) is 1. The van der Waals surface area contributed by atoms with Crippen LogP contribution in [0.4, 0.5) is 4.39 Å². The fourth-order valence-corrected chi connectivity index (χ4v) is 1.80. The molecule has 16 heavy (non-hydrogen) atoms. The van der Waals surface area contributed by atoms with Gasteiger partial charge in [-0.3, -0.25) is 0 Å². The Hall–Kier alpha value is -2.10. The van der Waals surface area contributed by atoms with Gasteiger partial charge in [-0.25, -0.2) is 9.37 Å². The van der Waals surface area contributed by atoms with Crippen molar-refractivity contribution in [2.24, 2.45) is 0 Å². The summed E-state index contributed by atoms with van der Waals surface area (Å²) in [5.41, 5.74) is 2.59. The van der Waals surface area contributed by atoms with Gasteiger partial charge in [-0.2, -0.15) is 0 Å². The number of nitrogens with one attached hydrogen (secondary N) is 1. The fraction of sp³-hybridized carbons (Fsp3) is 0.0833. The average Bonchev–Trinajstić information content (AvgIpc) is 2.81. The van der Waals surface area contributed by atoms with Crippen LogP contribution in [0.5, 0.6) is 0 Å². The number of benzene rings is 1. The molecule has 1 aliphatic rings. The highest BCUT2D eigenvalue weighted by atomic mass is 19.1. The third kappa shape index (κ3) is 1.39. The number of hydrogen-bond acceptors (Lipinski definition) is 2. The molecule has 4 heteroatoms. The highest BCUT2D eigenvalue weighted by molar-refractivity contribution is 5.78. The second-order valence-electron chi connectivity index (χ2n) is 3.58. The molecular weight excluding hydrogens is 207 g/mol. The van der Waals surface area contributed by atoms with E-state index in [4.69, 9.17) is 4.74 Å². The van der Waals surface area contributed by atoms with Crippen molar-refractivity contribution in [3.05, 3.63) is 59.6 Å². The summed E-state index contributed by atoms with van der Waals surface area (Å²) in [6.07, 6.45) is 4.99. The molecule has 3 nitrogen and oxygen atoms in total. The Bertz CT molecular complexity index is 546. The van der Waals surface area contributed by atoms with Crippen LogP contribution in [-0.2, 0) is 11.3 Å². The number of aromatic nitrogens is 2. The van der Waals surface area contributed by atoms with E-state index in [1.807, 2.05) is 0 Å². The maximum atomic E-state index is 13.2. The summed E-state index contributed by atoms with van der Waals surface area (Å²) < 4.78 is 18.5. The quantitative estimate of drug-likeness (QED) is 0.795. The molecule has 1 aromatic heterocycles. The van der Waals surface area contributed by atoms with Crippen LogP contribution in [0.3, 0.4) is 0 Å². The summed E-state index contributed by atoms with van der Waals surface area (Å²) in [4.78, 5) is 7.13. The smallest absolute Gasteiger partial charge is 0.140 e. The van der Waals surface area contributed by atoms with Crippen molar-refractivity contribution in [1.29, 1.82) is 0 Å². The lowest BCUT2D eigenvalue weighted by molar-refractivity contribution is 0.232. The molecule has 80 valence electrons. The summed E-state index contributed by atoms with van der Waals surface area (Å²) in [5, 5.41) is 0. The summed E-state index contributed by atoms with van der Waals surface area (Å²) >= 11 is 0. The Morgan fingerprint density at radius 3 is 3.12 bits per heavy atom. The van der Waals surface area contributed by atoms with Gasteiger partial charge in [0.05, 0.1) is 11.8 Å². The van der Waals surface area contributed by atoms with Crippen LogP contribution < -0.4 is 0 Å². The first kappa shape index (κ1) is 9.15. The fourth-order valence-electron chi connectivity index (χ4n) is 1.80. The van der Waals surface area contributed by atoms with Crippen molar-refractivity contribution in [1.82, 2.24) is 9.97 Å². The SMILES string of the molecule is Fc1ccc2c(c1)C(c1ncc[nH]1)=COC2. The second kappa shape index (κ2) is 3.48. The van der Waals surface area contributed by atoms with E-state index >= 15 is 0 Å². The largest absolute Gasteiger partial charge is 0.496 e. The number of aromatic amines is 1. The van der Waals surface area contributed by atoms with Crippen molar-refractivity contribution in [3.63, 3.8) is 0 Å². The average molecular weight is 216 g/mol. The van der Waals surface area contributed by atoms with Crippen molar-refractivity contribution in [2.45, 2.75) is 6.61 Å². The Morgan fingerprint density at radius 2 is 2.31 bits per heavy atom. The predicted molar refractivity (Wildman–Crippen MR) is 56.9 cm³/mol. The minimum Gasteiger partial charge on any atom is -0.496 e. The van der Waals surface area contributed by atoms with Gasteiger partial charge in [0.15, 0.2) is 0 Å². The van der Waals surface area contributed by atoms with E-state index in [0.717, 1.165) is 16.7 Å². The minimum atomic E-state index is -0.252. The molecule has 0 aliphatic carbocycles. The van der Waals surface area contributed by atoms with E-state index in [2.05, 4.69) is 9.97 Å². The first-order chi connectivity index (χ1) is 7.84. The summed E-state index contributed by atoms with van der Waals surface area (Å²) in [6, 6.07) is 4.68. The monoisotopic (exact) mass is 216 g/mol. The lowest BCUT2D eigenvalue weighted by Gasteiger charge is -2.16. The number of imidazole rings is 1. The van der Waals surface area contributed by atoms with Gasteiger partial charge in [0, 0.05) is 12.4 Å². The van der Waals surface area contributed by atoms with Gasteiger partial charge in [-0.1, -0.05) is 6.07 Å². The summed E-state index contributed by atoms with van der Waals surface area (Å²) in [7, 11) is 0. The molecule has 2 aromatic rings. The van der Waals surface area contributed by atoms with E-state index < -0.39 is 0 Å². The molecular formula is C12H9FN2O. The Balaban J connectivity index is 2.16. The molecule has 0 spiro atoms. The van der Waals surface area contributed by atoms with Crippen LogP contribution in [0.2, 0.25) is 0 Å². The number of ether oxygens (including phenoxy) is 1. The topological polar surface area (TPSA) is 37.9 Å². The number of fused-ring (bicyclic) bond motifs is 1. The predicted octanol–water partition coefficient (Wildman–Crippen LogP) is 2.47. The molecule has 3 rings (SSSR count). The third-order valence-corrected chi connectivity index (χ3v) is 2.56. The zero-order valence-electron chi connectivity index (χ0n) is 8.40. The standard InChI is InChI=1S/C12H9FN2O/c13-9-2-1-8-6-16-7-11(10(8)5-9)12-14-3-4-15-12/h1-5,7H,6H2,(H,14,15). The van der Waals surface area contributed by atoms with E-state index in [9.17, 15) is 4.39 Å².